The Bertz CT molecular complexity index is 965. The number of rotatable bonds is 5. The molecule has 3 aromatic rings. The lowest BCUT2D eigenvalue weighted by Gasteiger charge is -2.34. The molecule has 0 saturated carbocycles. The molecule has 4 rings (SSSR count). The molecule has 7 heteroatoms. The predicted octanol–water partition coefficient (Wildman–Crippen LogP) is 5.60. The van der Waals surface area contributed by atoms with E-state index in [0.717, 1.165) is 16.9 Å². The number of halogens is 2. The first kappa shape index (κ1) is 18.8. The zero-order valence-electron chi connectivity index (χ0n) is 14.8. The lowest BCUT2D eigenvalue weighted by atomic mass is 9.98. The third kappa shape index (κ3) is 4.00. The molecule has 1 amide bonds. The smallest absolute Gasteiger partial charge is 0.387 e. The fourth-order valence-electron chi connectivity index (χ4n) is 3.33. The van der Waals surface area contributed by atoms with Crippen molar-refractivity contribution >= 4 is 34.7 Å². The van der Waals surface area contributed by atoms with E-state index in [1.165, 1.54) is 22.6 Å². The van der Waals surface area contributed by atoms with Gasteiger partial charge in [0.05, 0.1) is 6.04 Å². The van der Waals surface area contributed by atoms with Crippen molar-refractivity contribution in [1.29, 1.82) is 0 Å². The summed E-state index contributed by atoms with van der Waals surface area (Å²) in [4.78, 5) is 17.3. The average molecular weight is 418 g/mol. The van der Waals surface area contributed by atoms with Crippen LogP contribution in [0.1, 0.15) is 26.9 Å². The van der Waals surface area contributed by atoms with Gasteiger partial charge in [-0.15, -0.1) is 22.7 Å². The summed E-state index contributed by atoms with van der Waals surface area (Å²) in [5.41, 5.74) is 1.95. The number of hydrogen-bond donors (Lipinski definition) is 0. The van der Waals surface area contributed by atoms with Crippen LogP contribution in [0, 0.1) is 0 Å². The molecule has 3 nitrogen and oxygen atoms in total. The van der Waals surface area contributed by atoms with E-state index >= 15 is 0 Å². The van der Waals surface area contributed by atoms with Crippen LogP contribution in [0.3, 0.4) is 0 Å². The van der Waals surface area contributed by atoms with Gasteiger partial charge in [0.25, 0.3) is 0 Å². The van der Waals surface area contributed by atoms with Crippen LogP contribution in [0.25, 0.3) is 6.08 Å². The Hall–Kier alpha value is -2.51. The third-order valence-corrected chi connectivity index (χ3v) is 6.51. The van der Waals surface area contributed by atoms with E-state index in [4.69, 9.17) is 0 Å². The molecule has 0 radical (unpaired) electrons. The van der Waals surface area contributed by atoms with Gasteiger partial charge in [0.15, 0.2) is 0 Å². The minimum atomic E-state index is -2.85. The number of nitrogens with zero attached hydrogens (tertiary/aromatic N) is 1. The first-order valence-electron chi connectivity index (χ1n) is 8.75. The topological polar surface area (TPSA) is 29.5 Å². The molecule has 0 saturated heterocycles. The number of benzene rings is 1. The molecule has 1 aromatic carbocycles. The van der Waals surface area contributed by atoms with Gasteiger partial charge in [0.1, 0.15) is 5.75 Å². The number of hydrogen-bond acceptors (Lipinski definition) is 4. The van der Waals surface area contributed by atoms with Crippen LogP contribution in [0.5, 0.6) is 5.75 Å². The number of carbonyl (C=O) groups excluding carboxylic acids is 1. The maximum atomic E-state index is 12.9. The lowest BCUT2D eigenvalue weighted by molar-refractivity contribution is -0.127. The Morgan fingerprint density at radius 2 is 1.96 bits per heavy atom. The van der Waals surface area contributed by atoms with Gasteiger partial charge >= 0.3 is 6.61 Å². The summed E-state index contributed by atoms with van der Waals surface area (Å²) < 4.78 is 28.8. The number of carbonyl (C=O) groups is 1. The van der Waals surface area contributed by atoms with Crippen LogP contribution in [0.4, 0.5) is 8.78 Å². The lowest BCUT2D eigenvalue weighted by Crippen LogP contribution is -2.38. The summed E-state index contributed by atoms with van der Waals surface area (Å²) in [5.74, 6) is 0.0282. The summed E-state index contributed by atoms with van der Waals surface area (Å²) in [7, 11) is 0. The number of thiophene rings is 2. The summed E-state index contributed by atoms with van der Waals surface area (Å²) in [6, 6.07) is 12.3. The normalized spacial score (nSPS) is 16.5. The highest BCUT2D eigenvalue weighted by atomic mass is 32.1. The van der Waals surface area contributed by atoms with Gasteiger partial charge in [0, 0.05) is 22.4 Å². The van der Waals surface area contributed by atoms with Gasteiger partial charge in [0.2, 0.25) is 5.91 Å². The molecule has 0 N–H and O–H groups in total. The molecule has 1 atom stereocenters. The number of alkyl halides is 2. The molecule has 28 heavy (non-hydrogen) atoms. The Labute approximate surface area is 169 Å². The molecule has 0 aliphatic carbocycles. The highest BCUT2D eigenvalue weighted by Crippen LogP contribution is 2.39. The van der Waals surface area contributed by atoms with E-state index in [1.807, 2.05) is 16.3 Å². The molecule has 0 fully saturated rings. The van der Waals surface area contributed by atoms with Gasteiger partial charge in [-0.1, -0.05) is 18.2 Å². The van der Waals surface area contributed by atoms with E-state index < -0.39 is 6.61 Å². The summed E-state index contributed by atoms with van der Waals surface area (Å²) in [6.45, 7) is -2.18. The zero-order chi connectivity index (χ0) is 19.5. The van der Waals surface area contributed by atoms with E-state index in [1.54, 1.807) is 47.0 Å². The second-order valence-electron chi connectivity index (χ2n) is 6.28. The largest absolute Gasteiger partial charge is 0.435 e. The van der Waals surface area contributed by atoms with Crippen molar-refractivity contribution in [3.05, 3.63) is 80.2 Å². The SMILES string of the molecule is O=C(/C=C/c1ccc(OC(F)F)cc1)N1CCc2sccc2C1c1cccs1. The molecule has 0 spiro atoms. The Balaban J connectivity index is 1.53. The number of fused-ring (bicyclic) bond motifs is 1. The molecular formula is C21H17F2NO2S2. The molecule has 1 aliphatic heterocycles. The summed E-state index contributed by atoms with van der Waals surface area (Å²) in [6.07, 6.45) is 4.10. The highest BCUT2D eigenvalue weighted by molar-refractivity contribution is 7.10. The number of amides is 1. The second kappa shape index (κ2) is 8.24. The maximum absolute atomic E-state index is 12.9. The van der Waals surface area contributed by atoms with Crippen LogP contribution in [0.15, 0.2) is 59.3 Å². The quantitative estimate of drug-likeness (QED) is 0.506. The predicted molar refractivity (Wildman–Crippen MR) is 108 cm³/mol. The van der Waals surface area contributed by atoms with Crippen molar-refractivity contribution in [3.8, 4) is 5.75 Å². The van der Waals surface area contributed by atoms with Gasteiger partial charge < -0.3 is 9.64 Å². The Morgan fingerprint density at radius 1 is 1.14 bits per heavy atom. The minimum absolute atomic E-state index is 0.0611. The van der Waals surface area contributed by atoms with E-state index in [-0.39, 0.29) is 17.7 Å². The van der Waals surface area contributed by atoms with Gasteiger partial charge in [-0.25, -0.2) is 0 Å². The number of ether oxygens (including phenoxy) is 1. The van der Waals surface area contributed by atoms with Crippen molar-refractivity contribution in [2.24, 2.45) is 0 Å². The Morgan fingerprint density at radius 3 is 2.68 bits per heavy atom. The molecule has 0 bridgehead atoms. The Kier molecular flexibility index (Phi) is 5.54. The van der Waals surface area contributed by atoms with E-state index in [9.17, 15) is 13.6 Å². The van der Waals surface area contributed by atoms with Crippen molar-refractivity contribution in [2.45, 2.75) is 19.1 Å². The molecule has 1 aliphatic rings. The highest BCUT2D eigenvalue weighted by Gasteiger charge is 2.32. The van der Waals surface area contributed by atoms with Crippen molar-refractivity contribution in [3.63, 3.8) is 0 Å². The summed E-state index contributed by atoms with van der Waals surface area (Å²) in [5, 5.41) is 4.11. The van der Waals surface area contributed by atoms with Crippen LogP contribution >= 0.6 is 22.7 Å². The van der Waals surface area contributed by atoms with Gasteiger partial charge in [-0.2, -0.15) is 8.78 Å². The average Bonchev–Trinajstić information content (AvgIpc) is 3.37. The first-order valence-corrected chi connectivity index (χ1v) is 10.5. The standard InChI is InChI=1S/C21H17F2NO2S2/c22-21(23)26-15-6-3-14(4-7-15)5-8-19(25)24-11-9-17-16(10-13-28-17)20(24)18-2-1-12-27-18/h1-8,10,12-13,20-21H,9,11H2/b8-5+. The van der Waals surface area contributed by atoms with Crippen molar-refractivity contribution in [1.82, 2.24) is 4.90 Å². The van der Waals surface area contributed by atoms with Crippen LogP contribution in [-0.4, -0.2) is 24.0 Å². The summed E-state index contributed by atoms with van der Waals surface area (Å²) >= 11 is 3.39. The van der Waals surface area contributed by atoms with E-state index in [2.05, 4.69) is 22.2 Å². The monoisotopic (exact) mass is 417 g/mol. The minimum Gasteiger partial charge on any atom is -0.435 e. The molecule has 1 unspecified atom stereocenters. The third-order valence-electron chi connectivity index (χ3n) is 4.59. The van der Waals surface area contributed by atoms with Gasteiger partial charge in [-0.3, -0.25) is 4.79 Å². The van der Waals surface area contributed by atoms with Crippen molar-refractivity contribution < 1.29 is 18.3 Å². The second-order valence-corrected chi connectivity index (χ2v) is 8.26. The van der Waals surface area contributed by atoms with Crippen LogP contribution in [0.2, 0.25) is 0 Å². The van der Waals surface area contributed by atoms with Crippen LogP contribution in [-0.2, 0) is 11.2 Å². The molecule has 3 heterocycles. The van der Waals surface area contributed by atoms with Crippen LogP contribution < -0.4 is 4.74 Å². The molecular weight excluding hydrogens is 400 g/mol. The zero-order valence-corrected chi connectivity index (χ0v) is 16.4. The van der Waals surface area contributed by atoms with Gasteiger partial charge in [-0.05, 0) is 58.6 Å². The maximum Gasteiger partial charge on any atom is 0.387 e. The molecule has 2 aromatic heterocycles. The van der Waals surface area contributed by atoms with E-state index in [0.29, 0.717) is 6.54 Å². The molecule has 144 valence electrons. The fourth-order valence-corrected chi connectivity index (χ4v) is 5.09. The van der Waals surface area contributed by atoms with Crippen molar-refractivity contribution in [2.75, 3.05) is 6.54 Å². The first-order chi connectivity index (χ1) is 13.6. The fraction of sp³-hybridized carbons (Fsp3) is 0.190.